The molecule has 108 valence electrons. The van der Waals surface area contributed by atoms with Crippen LogP contribution >= 0.6 is 12.4 Å². The first-order chi connectivity index (χ1) is 8.09. The number of hydrogen-bond acceptors (Lipinski definition) is 3. The largest absolute Gasteiger partial charge is 0.316 e. The fourth-order valence-electron chi connectivity index (χ4n) is 2.64. The Morgan fingerprint density at radius 3 is 2.50 bits per heavy atom. The van der Waals surface area contributed by atoms with Gasteiger partial charge in [-0.05, 0) is 51.6 Å². The Balaban J connectivity index is 0.00000162. The Bertz CT molecular complexity index is 338. The number of rotatable bonds is 4. The molecular weight excluding hydrogens is 274 g/mol. The second-order valence-electron chi connectivity index (χ2n) is 5.12. The molecule has 2 heterocycles. The van der Waals surface area contributed by atoms with Gasteiger partial charge in [0.15, 0.2) is 0 Å². The maximum Gasteiger partial charge on any atom is 0.279 e. The van der Waals surface area contributed by atoms with Crippen LogP contribution in [0, 0.1) is 5.92 Å². The number of halogens is 1. The van der Waals surface area contributed by atoms with Crippen LogP contribution in [0.5, 0.6) is 0 Å². The van der Waals surface area contributed by atoms with E-state index in [-0.39, 0.29) is 18.4 Å². The second kappa shape index (κ2) is 7.05. The van der Waals surface area contributed by atoms with E-state index in [4.69, 9.17) is 0 Å². The average Bonchev–Trinajstić information content (AvgIpc) is 2.84. The van der Waals surface area contributed by atoms with Crippen LogP contribution in [0.2, 0.25) is 0 Å². The maximum atomic E-state index is 12.1. The van der Waals surface area contributed by atoms with E-state index < -0.39 is 10.2 Å². The van der Waals surface area contributed by atoms with Gasteiger partial charge in [0.2, 0.25) is 0 Å². The smallest absolute Gasteiger partial charge is 0.279 e. The SMILES string of the molecule is CC(NS(=O)(=O)N1CCCC1)C1CCCNC1.Cl. The molecule has 0 aromatic rings. The lowest BCUT2D eigenvalue weighted by atomic mass is 9.94. The molecule has 0 saturated carbocycles. The number of hydrogen-bond donors (Lipinski definition) is 2. The van der Waals surface area contributed by atoms with E-state index in [2.05, 4.69) is 10.0 Å². The molecule has 2 N–H and O–H groups in total. The summed E-state index contributed by atoms with van der Waals surface area (Å²) >= 11 is 0. The van der Waals surface area contributed by atoms with Crippen molar-refractivity contribution in [2.24, 2.45) is 5.92 Å². The van der Waals surface area contributed by atoms with Gasteiger partial charge in [-0.15, -0.1) is 12.4 Å². The van der Waals surface area contributed by atoms with Crippen LogP contribution in [-0.4, -0.2) is 44.9 Å². The quantitative estimate of drug-likeness (QED) is 0.804. The third kappa shape index (κ3) is 4.06. The standard InChI is InChI=1S/C11H23N3O2S.ClH/c1-10(11-5-4-6-12-9-11)13-17(15,16)14-7-2-3-8-14;/h10-13H,2-9H2,1H3;1H. The summed E-state index contributed by atoms with van der Waals surface area (Å²) in [5.41, 5.74) is 0. The monoisotopic (exact) mass is 297 g/mol. The minimum Gasteiger partial charge on any atom is -0.316 e. The van der Waals surface area contributed by atoms with Gasteiger partial charge in [-0.3, -0.25) is 0 Å². The molecule has 0 amide bonds. The predicted octanol–water partition coefficient (Wildman–Crippen LogP) is 0.726. The molecule has 0 radical (unpaired) electrons. The summed E-state index contributed by atoms with van der Waals surface area (Å²) < 4.78 is 28.6. The highest BCUT2D eigenvalue weighted by Crippen LogP contribution is 2.17. The van der Waals surface area contributed by atoms with Crippen LogP contribution in [0.4, 0.5) is 0 Å². The Kier molecular flexibility index (Phi) is 6.34. The van der Waals surface area contributed by atoms with Crippen molar-refractivity contribution in [3.8, 4) is 0 Å². The summed E-state index contributed by atoms with van der Waals surface area (Å²) in [5.74, 6) is 0.418. The van der Waals surface area contributed by atoms with Gasteiger partial charge in [-0.1, -0.05) is 0 Å². The van der Waals surface area contributed by atoms with Crippen LogP contribution in [0.25, 0.3) is 0 Å². The summed E-state index contributed by atoms with van der Waals surface area (Å²) in [6.07, 6.45) is 4.22. The molecule has 2 aliphatic heterocycles. The van der Waals surface area contributed by atoms with Crippen LogP contribution in [0.1, 0.15) is 32.6 Å². The summed E-state index contributed by atoms with van der Waals surface area (Å²) in [4.78, 5) is 0. The number of nitrogens with zero attached hydrogens (tertiary/aromatic N) is 1. The van der Waals surface area contributed by atoms with Crippen LogP contribution in [0.3, 0.4) is 0 Å². The third-order valence-corrected chi connectivity index (χ3v) is 5.50. The van der Waals surface area contributed by atoms with Gasteiger partial charge >= 0.3 is 0 Å². The third-order valence-electron chi connectivity index (χ3n) is 3.78. The molecule has 2 unspecified atom stereocenters. The number of piperidine rings is 1. The second-order valence-corrected chi connectivity index (χ2v) is 6.83. The molecule has 0 spiro atoms. The summed E-state index contributed by atoms with van der Waals surface area (Å²) in [6, 6.07) is 0.0217. The minimum atomic E-state index is -3.25. The van der Waals surface area contributed by atoms with Crippen LogP contribution in [-0.2, 0) is 10.2 Å². The van der Waals surface area contributed by atoms with Gasteiger partial charge < -0.3 is 5.32 Å². The zero-order valence-electron chi connectivity index (χ0n) is 10.9. The van der Waals surface area contributed by atoms with Crippen molar-refractivity contribution in [3.63, 3.8) is 0 Å². The van der Waals surface area contributed by atoms with Gasteiger partial charge in [0.05, 0.1) is 0 Å². The van der Waals surface area contributed by atoms with Crippen molar-refractivity contribution in [3.05, 3.63) is 0 Å². The van der Waals surface area contributed by atoms with Gasteiger partial charge in [0.1, 0.15) is 0 Å². The molecule has 0 aromatic carbocycles. The van der Waals surface area contributed by atoms with Gasteiger partial charge in [0.25, 0.3) is 10.2 Å². The van der Waals surface area contributed by atoms with Gasteiger partial charge in [-0.2, -0.15) is 17.4 Å². The highest BCUT2D eigenvalue weighted by atomic mass is 35.5. The molecule has 2 saturated heterocycles. The Hall–Kier alpha value is 0.120. The fourth-order valence-corrected chi connectivity index (χ4v) is 4.19. The van der Waals surface area contributed by atoms with E-state index in [1.807, 2.05) is 6.92 Å². The van der Waals surface area contributed by atoms with E-state index in [1.54, 1.807) is 4.31 Å². The van der Waals surface area contributed by atoms with E-state index in [0.29, 0.717) is 19.0 Å². The molecule has 0 bridgehead atoms. The van der Waals surface area contributed by atoms with E-state index in [9.17, 15) is 8.42 Å². The molecule has 2 atom stereocenters. The van der Waals surface area contributed by atoms with Crippen molar-refractivity contribution in [1.82, 2.24) is 14.3 Å². The first kappa shape index (κ1) is 16.2. The van der Waals surface area contributed by atoms with E-state index in [1.165, 1.54) is 0 Å². The topological polar surface area (TPSA) is 61.4 Å². The summed E-state index contributed by atoms with van der Waals surface area (Å²) in [5, 5.41) is 3.32. The Labute approximate surface area is 116 Å². The summed E-state index contributed by atoms with van der Waals surface area (Å²) in [7, 11) is -3.25. The van der Waals surface area contributed by atoms with Crippen molar-refractivity contribution in [2.75, 3.05) is 26.2 Å². The highest BCUT2D eigenvalue weighted by Gasteiger charge is 2.29. The lowest BCUT2D eigenvalue weighted by Gasteiger charge is -2.30. The van der Waals surface area contributed by atoms with Crippen molar-refractivity contribution in [1.29, 1.82) is 0 Å². The Morgan fingerprint density at radius 2 is 1.94 bits per heavy atom. The molecule has 2 rings (SSSR count). The number of nitrogens with one attached hydrogen (secondary N) is 2. The predicted molar refractivity (Wildman–Crippen MR) is 75.2 cm³/mol. The van der Waals surface area contributed by atoms with E-state index >= 15 is 0 Å². The van der Waals surface area contributed by atoms with Crippen LogP contribution < -0.4 is 10.0 Å². The van der Waals surface area contributed by atoms with Crippen LogP contribution in [0.15, 0.2) is 0 Å². The van der Waals surface area contributed by atoms with E-state index in [0.717, 1.165) is 38.8 Å². The van der Waals surface area contributed by atoms with Gasteiger partial charge in [0, 0.05) is 19.1 Å². The zero-order chi connectivity index (χ0) is 12.3. The molecule has 18 heavy (non-hydrogen) atoms. The molecule has 0 aromatic heterocycles. The first-order valence-electron chi connectivity index (χ1n) is 6.58. The molecule has 2 aliphatic rings. The Morgan fingerprint density at radius 1 is 1.28 bits per heavy atom. The molecule has 7 heteroatoms. The fraction of sp³-hybridized carbons (Fsp3) is 1.00. The normalized spacial score (nSPS) is 27.7. The molecule has 0 aliphatic carbocycles. The van der Waals surface area contributed by atoms with Crippen molar-refractivity contribution in [2.45, 2.75) is 38.6 Å². The van der Waals surface area contributed by atoms with Gasteiger partial charge in [-0.25, -0.2) is 0 Å². The lowest BCUT2D eigenvalue weighted by Crippen LogP contribution is -2.48. The minimum absolute atomic E-state index is 0. The zero-order valence-corrected chi connectivity index (χ0v) is 12.5. The van der Waals surface area contributed by atoms with Crippen molar-refractivity contribution >= 4 is 22.6 Å². The highest BCUT2D eigenvalue weighted by molar-refractivity contribution is 7.87. The summed E-state index contributed by atoms with van der Waals surface area (Å²) in [6.45, 7) is 5.30. The molecule has 5 nitrogen and oxygen atoms in total. The van der Waals surface area contributed by atoms with Crippen molar-refractivity contribution < 1.29 is 8.42 Å². The lowest BCUT2D eigenvalue weighted by molar-refractivity contribution is 0.315. The average molecular weight is 298 g/mol. The maximum absolute atomic E-state index is 12.1. The molecule has 2 fully saturated rings. The first-order valence-corrected chi connectivity index (χ1v) is 8.02. The molecular formula is C11H24ClN3O2S.